The maximum absolute atomic E-state index is 13.0. The summed E-state index contributed by atoms with van der Waals surface area (Å²) in [7, 11) is 1.82. The zero-order valence-electron chi connectivity index (χ0n) is 17.7. The lowest BCUT2D eigenvalue weighted by Crippen LogP contribution is -2.48. The van der Waals surface area contributed by atoms with E-state index in [0.717, 1.165) is 32.5 Å². The number of rotatable bonds is 6. The van der Waals surface area contributed by atoms with Crippen LogP contribution in [0.2, 0.25) is 0 Å². The standard InChI is InChI=1S/C24H31N3O2/c1-4-5-12-25(3)23(28)20-9-7-10-21(18-20)24(29)27-15-13-26(14-16-27)22-11-6-8-19(2)17-22/h6-11,17-18H,4-5,12-16H2,1-3H3. The zero-order valence-corrected chi connectivity index (χ0v) is 17.7. The van der Waals surface area contributed by atoms with Gasteiger partial charge in [-0.25, -0.2) is 0 Å². The molecule has 0 N–H and O–H groups in total. The number of carbonyl (C=O) groups is 2. The van der Waals surface area contributed by atoms with E-state index in [1.165, 1.54) is 11.3 Å². The molecule has 1 saturated heterocycles. The summed E-state index contributed by atoms with van der Waals surface area (Å²) in [5, 5.41) is 0. The lowest BCUT2D eigenvalue weighted by atomic mass is 10.1. The minimum atomic E-state index is -0.0302. The smallest absolute Gasteiger partial charge is 0.253 e. The number of hydrogen-bond acceptors (Lipinski definition) is 3. The first kappa shape index (κ1) is 20.9. The van der Waals surface area contributed by atoms with Crippen molar-refractivity contribution in [3.63, 3.8) is 0 Å². The Kier molecular flexibility index (Phi) is 6.91. The number of aryl methyl sites for hydroxylation is 1. The van der Waals surface area contributed by atoms with Crippen molar-refractivity contribution in [3.05, 3.63) is 65.2 Å². The highest BCUT2D eigenvalue weighted by molar-refractivity contribution is 5.99. The molecule has 2 aromatic carbocycles. The molecule has 0 atom stereocenters. The van der Waals surface area contributed by atoms with Gasteiger partial charge < -0.3 is 14.7 Å². The fourth-order valence-corrected chi connectivity index (χ4v) is 3.68. The second-order valence-electron chi connectivity index (χ2n) is 7.78. The number of unbranched alkanes of at least 4 members (excludes halogenated alkanes) is 1. The van der Waals surface area contributed by atoms with Crippen LogP contribution in [0.3, 0.4) is 0 Å². The molecule has 2 aromatic rings. The zero-order chi connectivity index (χ0) is 20.8. The Bertz CT molecular complexity index is 857. The van der Waals surface area contributed by atoms with Crippen LogP contribution >= 0.6 is 0 Å². The van der Waals surface area contributed by atoms with Gasteiger partial charge in [0.05, 0.1) is 0 Å². The molecule has 0 radical (unpaired) electrons. The summed E-state index contributed by atoms with van der Waals surface area (Å²) in [5.74, 6) is -0.0304. The first-order valence-corrected chi connectivity index (χ1v) is 10.5. The minimum Gasteiger partial charge on any atom is -0.368 e. The number of piperazine rings is 1. The summed E-state index contributed by atoms with van der Waals surface area (Å²) in [4.78, 5) is 31.6. The molecule has 1 heterocycles. The number of carbonyl (C=O) groups excluding carboxylic acids is 2. The highest BCUT2D eigenvalue weighted by Gasteiger charge is 2.23. The van der Waals surface area contributed by atoms with Crippen molar-refractivity contribution < 1.29 is 9.59 Å². The van der Waals surface area contributed by atoms with E-state index in [1.54, 1.807) is 29.2 Å². The number of hydrogen-bond donors (Lipinski definition) is 0. The van der Waals surface area contributed by atoms with Crippen LogP contribution in [-0.4, -0.2) is 61.4 Å². The van der Waals surface area contributed by atoms with Crippen LogP contribution in [0.25, 0.3) is 0 Å². The molecule has 1 aliphatic heterocycles. The van der Waals surface area contributed by atoms with Crippen LogP contribution in [0.1, 0.15) is 46.0 Å². The molecule has 5 nitrogen and oxygen atoms in total. The normalized spacial score (nSPS) is 14.0. The van der Waals surface area contributed by atoms with Gasteiger partial charge in [-0.15, -0.1) is 0 Å². The van der Waals surface area contributed by atoms with E-state index in [2.05, 4.69) is 43.0 Å². The topological polar surface area (TPSA) is 43.9 Å². The maximum Gasteiger partial charge on any atom is 0.253 e. The van der Waals surface area contributed by atoms with Gasteiger partial charge in [-0.3, -0.25) is 9.59 Å². The summed E-state index contributed by atoms with van der Waals surface area (Å²) in [6, 6.07) is 15.6. The average molecular weight is 394 g/mol. The summed E-state index contributed by atoms with van der Waals surface area (Å²) in [6.45, 7) is 7.92. The Balaban J connectivity index is 1.63. The average Bonchev–Trinajstić information content (AvgIpc) is 2.76. The molecular weight excluding hydrogens is 362 g/mol. The maximum atomic E-state index is 13.0. The van der Waals surface area contributed by atoms with Crippen LogP contribution < -0.4 is 4.90 Å². The summed E-state index contributed by atoms with van der Waals surface area (Å²) in [5.41, 5.74) is 3.61. The third-order valence-electron chi connectivity index (χ3n) is 5.48. The van der Waals surface area contributed by atoms with Crippen LogP contribution in [0.15, 0.2) is 48.5 Å². The van der Waals surface area contributed by atoms with Crippen LogP contribution in [0.5, 0.6) is 0 Å². The molecule has 154 valence electrons. The van der Waals surface area contributed by atoms with Gasteiger partial charge in [0, 0.05) is 56.6 Å². The predicted molar refractivity (Wildman–Crippen MR) is 118 cm³/mol. The van der Waals surface area contributed by atoms with E-state index in [1.807, 2.05) is 11.9 Å². The van der Waals surface area contributed by atoms with Gasteiger partial charge in [0.15, 0.2) is 0 Å². The van der Waals surface area contributed by atoms with Gasteiger partial charge in [-0.1, -0.05) is 31.5 Å². The van der Waals surface area contributed by atoms with Crippen molar-refractivity contribution in [2.75, 3.05) is 44.7 Å². The van der Waals surface area contributed by atoms with Gasteiger partial charge >= 0.3 is 0 Å². The van der Waals surface area contributed by atoms with E-state index < -0.39 is 0 Å². The third-order valence-corrected chi connectivity index (χ3v) is 5.48. The second kappa shape index (κ2) is 9.59. The highest BCUT2D eigenvalue weighted by Crippen LogP contribution is 2.19. The molecule has 0 aliphatic carbocycles. The fourth-order valence-electron chi connectivity index (χ4n) is 3.68. The van der Waals surface area contributed by atoms with Crippen molar-refractivity contribution in [1.29, 1.82) is 0 Å². The molecule has 5 heteroatoms. The van der Waals surface area contributed by atoms with Crippen LogP contribution in [-0.2, 0) is 0 Å². The van der Waals surface area contributed by atoms with Crippen molar-refractivity contribution in [2.45, 2.75) is 26.7 Å². The van der Waals surface area contributed by atoms with Crippen molar-refractivity contribution in [3.8, 4) is 0 Å². The monoisotopic (exact) mass is 393 g/mol. The largest absolute Gasteiger partial charge is 0.368 e. The predicted octanol–water partition coefficient (Wildman–Crippen LogP) is 3.83. The molecule has 1 aliphatic rings. The van der Waals surface area contributed by atoms with Crippen LogP contribution in [0.4, 0.5) is 5.69 Å². The molecule has 0 unspecified atom stereocenters. The summed E-state index contributed by atoms with van der Waals surface area (Å²) >= 11 is 0. The second-order valence-corrected chi connectivity index (χ2v) is 7.78. The number of nitrogens with zero attached hydrogens (tertiary/aromatic N) is 3. The molecular formula is C24H31N3O2. The first-order chi connectivity index (χ1) is 14.0. The van der Waals surface area contributed by atoms with E-state index in [4.69, 9.17) is 0 Å². The van der Waals surface area contributed by atoms with Crippen molar-refractivity contribution >= 4 is 17.5 Å². The number of amides is 2. The van der Waals surface area contributed by atoms with Crippen molar-refractivity contribution in [1.82, 2.24) is 9.80 Å². The Morgan fingerprint density at radius 3 is 2.34 bits per heavy atom. The SMILES string of the molecule is CCCCN(C)C(=O)c1cccc(C(=O)N2CCN(c3cccc(C)c3)CC2)c1. The summed E-state index contributed by atoms with van der Waals surface area (Å²) in [6.07, 6.45) is 2.02. The molecule has 29 heavy (non-hydrogen) atoms. The summed E-state index contributed by atoms with van der Waals surface area (Å²) < 4.78 is 0. The van der Waals surface area contributed by atoms with Gasteiger partial charge in [-0.05, 0) is 49.2 Å². The highest BCUT2D eigenvalue weighted by atomic mass is 16.2. The van der Waals surface area contributed by atoms with Gasteiger partial charge in [0.25, 0.3) is 11.8 Å². The Hall–Kier alpha value is -2.82. The lowest BCUT2D eigenvalue weighted by Gasteiger charge is -2.36. The lowest BCUT2D eigenvalue weighted by molar-refractivity contribution is 0.0746. The molecule has 0 spiro atoms. The fraction of sp³-hybridized carbons (Fsp3) is 0.417. The third kappa shape index (κ3) is 5.17. The van der Waals surface area contributed by atoms with Gasteiger partial charge in [-0.2, -0.15) is 0 Å². The van der Waals surface area contributed by atoms with Crippen LogP contribution in [0, 0.1) is 6.92 Å². The molecule has 0 bridgehead atoms. The van der Waals surface area contributed by atoms with E-state index in [9.17, 15) is 9.59 Å². The van der Waals surface area contributed by atoms with E-state index in [0.29, 0.717) is 24.2 Å². The number of benzene rings is 2. The first-order valence-electron chi connectivity index (χ1n) is 10.5. The molecule has 1 fully saturated rings. The molecule has 0 saturated carbocycles. The molecule has 0 aromatic heterocycles. The van der Waals surface area contributed by atoms with E-state index in [-0.39, 0.29) is 11.8 Å². The van der Waals surface area contributed by atoms with Gasteiger partial charge in [0.1, 0.15) is 0 Å². The molecule has 2 amide bonds. The Morgan fingerprint density at radius 2 is 1.66 bits per heavy atom. The van der Waals surface area contributed by atoms with E-state index >= 15 is 0 Å². The Morgan fingerprint density at radius 1 is 0.966 bits per heavy atom. The van der Waals surface area contributed by atoms with Crippen molar-refractivity contribution in [2.24, 2.45) is 0 Å². The minimum absolute atomic E-state index is 0.000228. The van der Waals surface area contributed by atoms with Gasteiger partial charge in [0.2, 0.25) is 0 Å². The Labute approximate surface area is 173 Å². The quantitative estimate of drug-likeness (QED) is 0.749. The number of anilines is 1. The molecule has 3 rings (SSSR count).